The van der Waals surface area contributed by atoms with E-state index in [1.54, 1.807) is 0 Å². The molecule has 94 valence electrons. The molecule has 0 radical (unpaired) electrons. The number of hydrogen-bond donors (Lipinski definition) is 2. The maximum absolute atomic E-state index is 13.6. The van der Waals surface area contributed by atoms with E-state index in [0.717, 1.165) is 0 Å². The molecule has 0 amide bonds. The molecule has 2 N–H and O–H groups in total. The van der Waals surface area contributed by atoms with Crippen molar-refractivity contribution in [3.8, 4) is 0 Å². The highest BCUT2D eigenvalue weighted by Gasteiger charge is 2.25. The lowest BCUT2D eigenvalue weighted by Gasteiger charge is -2.18. The lowest BCUT2D eigenvalue weighted by atomic mass is 10.1. The van der Waals surface area contributed by atoms with E-state index in [1.165, 1.54) is 18.2 Å². The highest BCUT2D eigenvalue weighted by atomic mass is 35.5. The smallest absolute Gasteiger partial charge is 0.325 e. The van der Waals surface area contributed by atoms with Gasteiger partial charge in [-0.3, -0.25) is 4.79 Å². The summed E-state index contributed by atoms with van der Waals surface area (Å²) in [5, 5.41) is 12.0. The maximum Gasteiger partial charge on any atom is 0.325 e. The second-order valence-corrected chi connectivity index (χ2v) is 4.62. The molecule has 0 heterocycles. The van der Waals surface area contributed by atoms with Crippen molar-refractivity contribution in [1.29, 1.82) is 0 Å². The van der Waals surface area contributed by atoms with Gasteiger partial charge in [-0.05, 0) is 24.6 Å². The molecule has 0 bridgehead atoms. The van der Waals surface area contributed by atoms with E-state index in [4.69, 9.17) is 16.7 Å². The predicted octanol–water partition coefficient (Wildman–Crippen LogP) is 2.85. The van der Waals surface area contributed by atoms with E-state index < -0.39 is 17.8 Å². The lowest BCUT2D eigenvalue weighted by Crippen LogP contribution is -2.32. The van der Waals surface area contributed by atoms with Gasteiger partial charge in [0.2, 0.25) is 0 Å². The molecule has 1 atom stereocenters. The average Bonchev–Trinajstić information content (AvgIpc) is 2.21. The SMILES string of the molecule is CC(C)CNC(C(=O)O)c1c(F)cccc1Cl. The normalized spacial score (nSPS) is 12.8. The molecule has 0 aliphatic rings. The fourth-order valence-corrected chi connectivity index (χ4v) is 1.73. The number of benzene rings is 1. The molecule has 0 aliphatic heterocycles. The monoisotopic (exact) mass is 259 g/mol. The van der Waals surface area contributed by atoms with Crippen molar-refractivity contribution in [2.24, 2.45) is 5.92 Å². The zero-order chi connectivity index (χ0) is 13.0. The van der Waals surface area contributed by atoms with Crippen molar-refractivity contribution in [2.45, 2.75) is 19.9 Å². The number of aliphatic carboxylic acids is 1. The van der Waals surface area contributed by atoms with Gasteiger partial charge >= 0.3 is 5.97 Å². The van der Waals surface area contributed by atoms with Crippen LogP contribution in [0.2, 0.25) is 5.02 Å². The van der Waals surface area contributed by atoms with Crippen molar-refractivity contribution in [2.75, 3.05) is 6.54 Å². The summed E-state index contributed by atoms with van der Waals surface area (Å²) in [5.74, 6) is -1.48. The molecule has 0 aromatic heterocycles. The molecule has 0 spiro atoms. The van der Waals surface area contributed by atoms with E-state index in [9.17, 15) is 9.18 Å². The van der Waals surface area contributed by atoms with Crippen LogP contribution in [0.3, 0.4) is 0 Å². The Labute approximate surface area is 105 Å². The Morgan fingerprint density at radius 3 is 2.65 bits per heavy atom. The Balaban J connectivity index is 3.01. The van der Waals surface area contributed by atoms with Crippen LogP contribution in [0.5, 0.6) is 0 Å². The summed E-state index contributed by atoms with van der Waals surface area (Å²) in [5.41, 5.74) is -0.0117. The molecule has 0 saturated carbocycles. The number of nitrogens with one attached hydrogen (secondary N) is 1. The number of carbonyl (C=O) groups is 1. The van der Waals surface area contributed by atoms with Crippen molar-refractivity contribution in [3.63, 3.8) is 0 Å². The molecule has 1 unspecified atom stereocenters. The Kier molecular flexibility index (Phi) is 4.90. The topological polar surface area (TPSA) is 49.3 Å². The quantitative estimate of drug-likeness (QED) is 0.855. The Hall–Kier alpha value is -1.13. The largest absolute Gasteiger partial charge is 0.480 e. The fraction of sp³-hybridized carbons (Fsp3) is 0.417. The fourth-order valence-electron chi connectivity index (χ4n) is 1.45. The van der Waals surface area contributed by atoms with E-state index in [-0.39, 0.29) is 16.5 Å². The van der Waals surface area contributed by atoms with Crippen LogP contribution in [0.25, 0.3) is 0 Å². The molecule has 5 heteroatoms. The number of halogens is 2. The summed E-state index contributed by atoms with van der Waals surface area (Å²) in [6, 6.07) is 3.01. The second kappa shape index (κ2) is 5.98. The molecule has 3 nitrogen and oxygen atoms in total. The van der Waals surface area contributed by atoms with Gasteiger partial charge in [-0.25, -0.2) is 4.39 Å². The highest BCUT2D eigenvalue weighted by Crippen LogP contribution is 2.26. The third-order valence-corrected chi connectivity index (χ3v) is 2.60. The van der Waals surface area contributed by atoms with E-state index >= 15 is 0 Å². The van der Waals surface area contributed by atoms with Crippen molar-refractivity contribution < 1.29 is 14.3 Å². The van der Waals surface area contributed by atoms with Gasteiger partial charge in [-0.15, -0.1) is 0 Å². The first-order valence-electron chi connectivity index (χ1n) is 5.33. The van der Waals surface area contributed by atoms with Gasteiger partial charge in [-0.2, -0.15) is 0 Å². The van der Waals surface area contributed by atoms with Crippen LogP contribution in [0.4, 0.5) is 4.39 Å². The zero-order valence-corrected chi connectivity index (χ0v) is 10.5. The van der Waals surface area contributed by atoms with Gasteiger partial charge in [0, 0.05) is 10.6 Å². The second-order valence-electron chi connectivity index (χ2n) is 4.21. The van der Waals surface area contributed by atoms with Crippen molar-refractivity contribution in [3.05, 3.63) is 34.6 Å². The molecule has 0 fully saturated rings. The number of carboxylic acid groups (broad SMARTS) is 1. The van der Waals surface area contributed by atoms with Gasteiger partial charge in [0.05, 0.1) is 0 Å². The van der Waals surface area contributed by atoms with Gasteiger partial charge in [-0.1, -0.05) is 31.5 Å². The average molecular weight is 260 g/mol. The summed E-state index contributed by atoms with van der Waals surface area (Å²) < 4.78 is 13.6. The molecular weight excluding hydrogens is 245 g/mol. The first-order valence-corrected chi connectivity index (χ1v) is 5.71. The van der Waals surface area contributed by atoms with Gasteiger partial charge in [0.1, 0.15) is 11.9 Å². The lowest BCUT2D eigenvalue weighted by molar-refractivity contribution is -0.139. The Morgan fingerprint density at radius 1 is 1.53 bits per heavy atom. The van der Waals surface area contributed by atoms with Crippen LogP contribution in [-0.2, 0) is 4.79 Å². The number of hydrogen-bond acceptors (Lipinski definition) is 2. The standard InChI is InChI=1S/C12H15ClFNO2/c1-7(2)6-15-11(12(16)17)10-8(13)4-3-5-9(10)14/h3-5,7,11,15H,6H2,1-2H3,(H,16,17). The van der Waals surface area contributed by atoms with E-state index in [2.05, 4.69) is 5.32 Å². The molecule has 17 heavy (non-hydrogen) atoms. The van der Waals surface area contributed by atoms with Gasteiger partial charge in [0.15, 0.2) is 0 Å². The third-order valence-electron chi connectivity index (χ3n) is 2.27. The first kappa shape index (κ1) is 13.9. The highest BCUT2D eigenvalue weighted by molar-refractivity contribution is 6.31. The van der Waals surface area contributed by atoms with Crippen LogP contribution in [-0.4, -0.2) is 17.6 Å². The van der Waals surface area contributed by atoms with Gasteiger partial charge in [0.25, 0.3) is 0 Å². The molecule has 1 aromatic rings. The Bertz CT molecular complexity index is 389. The molecule has 1 rings (SSSR count). The van der Waals surface area contributed by atoms with Crippen LogP contribution < -0.4 is 5.32 Å². The summed E-state index contributed by atoms with van der Waals surface area (Å²) in [4.78, 5) is 11.1. The zero-order valence-electron chi connectivity index (χ0n) is 9.71. The summed E-state index contributed by atoms with van der Waals surface area (Å²) in [6.07, 6.45) is 0. The van der Waals surface area contributed by atoms with Crippen molar-refractivity contribution in [1.82, 2.24) is 5.32 Å². The van der Waals surface area contributed by atoms with Crippen LogP contribution in [0, 0.1) is 11.7 Å². The molecule has 0 aliphatic carbocycles. The summed E-state index contributed by atoms with van der Waals surface area (Å²) in [6.45, 7) is 4.35. The number of carboxylic acids is 1. The molecular formula is C12H15ClFNO2. The predicted molar refractivity (Wildman–Crippen MR) is 64.6 cm³/mol. The maximum atomic E-state index is 13.6. The first-order chi connectivity index (χ1) is 7.93. The minimum atomic E-state index is -1.14. The Morgan fingerprint density at radius 2 is 2.18 bits per heavy atom. The van der Waals surface area contributed by atoms with Gasteiger partial charge < -0.3 is 10.4 Å². The van der Waals surface area contributed by atoms with Crippen LogP contribution in [0.15, 0.2) is 18.2 Å². The minimum absolute atomic E-state index is 0.0117. The van der Waals surface area contributed by atoms with Crippen LogP contribution in [0.1, 0.15) is 25.5 Å². The van der Waals surface area contributed by atoms with E-state index in [1.807, 2.05) is 13.8 Å². The minimum Gasteiger partial charge on any atom is -0.480 e. The molecule has 0 saturated heterocycles. The van der Waals surface area contributed by atoms with E-state index in [0.29, 0.717) is 6.54 Å². The summed E-state index contributed by atoms with van der Waals surface area (Å²) in [7, 11) is 0. The number of rotatable bonds is 5. The van der Waals surface area contributed by atoms with Crippen LogP contribution >= 0.6 is 11.6 Å². The van der Waals surface area contributed by atoms with Crippen molar-refractivity contribution >= 4 is 17.6 Å². The molecule has 1 aromatic carbocycles. The third kappa shape index (κ3) is 3.68. The summed E-state index contributed by atoms with van der Waals surface area (Å²) >= 11 is 5.84.